The molecule has 1 aromatic carbocycles. The van der Waals surface area contributed by atoms with Crippen LogP contribution in [0.5, 0.6) is 0 Å². The second-order valence-electron chi connectivity index (χ2n) is 4.11. The lowest BCUT2D eigenvalue weighted by molar-refractivity contribution is -0.152. The zero-order chi connectivity index (χ0) is 13.0. The van der Waals surface area contributed by atoms with Crippen LogP contribution in [0.4, 0.5) is 0 Å². The molecule has 1 aliphatic heterocycles. The molecule has 5 heteroatoms. The molecule has 0 spiro atoms. The molecule has 18 heavy (non-hydrogen) atoms. The number of carbonyl (C=O) groups is 1. The summed E-state index contributed by atoms with van der Waals surface area (Å²) in [4.78, 5) is 13.0. The van der Waals surface area contributed by atoms with Gasteiger partial charge < -0.3 is 15.2 Å². The molecule has 1 heterocycles. The second kappa shape index (κ2) is 5.66. The highest BCUT2D eigenvalue weighted by Crippen LogP contribution is 2.09. The predicted molar refractivity (Wildman–Crippen MR) is 65.8 cm³/mol. The minimum atomic E-state index is -1.03. The minimum absolute atomic E-state index is 0.0487. The van der Waals surface area contributed by atoms with Crippen molar-refractivity contribution in [2.45, 2.75) is 19.9 Å². The predicted octanol–water partition coefficient (Wildman–Crippen LogP) is 0.772. The quantitative estimate of drug-likeness (QED) is 0.826. The third-order valence-electron chi connectivity index (χ3n) is 2.68. The lowest BCUT2D eigenvalue weighted by atomic mass is 10.2. The van der Waals surface area contributed by atoms with E-state index in [4.69, 9.17) is 4.74 Å². The number of ether oxygens (including phenoxy) is 1. The first-order valence-electron chi connectivity index (χ1n) is 5.72. The Balaban J connectivity index is 1.87. The second-order valence-corrected chi connectivity index (χ2v) is 4.11. The lowest BCUT2D eigenvalue weighted by Gasteiger charge is -2.31. The van der Waals surface area contributed by atoms with Crippen LogP contribution in [0.15, 0.2) is 42.1 Å². The van der Waals surface area contributed by atoms with E-state index in [9.17, 15) is 9.90 Å². The molecular formula is C13H16N2O3. The summed E-state index contributed by atoms with van der Waals surface area (Å²) in [5.74, 6) is -0.227. The SMILES string of the molecule is CC1=CNC(O)N(COCc2ccccc2)C1=O. The van der Waals surface area contributed by atoms with Crippen molar-refractivity contribution in [3.8, 4) is 0 Å². The normalized spacial score (nSPS) is 19.4. The van der Waals surface area contributed by atoms with Crippen molar-refractivity contribution in [3.05, 3.63) is 47.7 Å². The summed E-state index contributed by atoms with van der Waals surface area (Å²) >= 11 is 0. The van der Waals surface area contributed by atoms with Crippen LogP contribution in [0.1, 0.15) is 12.5 Å². The van der Waals surface area contributed by atoms with Gasteiger partial charge in [-0.2, -0.15) is 0 Å². The molecule has 2 rings (SSSR count). The van der Waals surface area contributed by atoms with Crippen LogP contribution in [0, 0.1) is 0 Å². The van der Waals surface area contributed by atoms with Gasteiger partial charge in [0, 0.05) is 11.8 Å². The van der Waals surface area contributed by atoms with E-state index in [1.54, 1.807) is 6.92 Å². The first-order chi connectivity index (χ1) is 8.68. The largest absolute Gasteiger partial charge is 0.356 e. The van der Waals surface area contributed by atoms with E-state index in [1.165, 1.54) is 11.1 Å². The van der Waals surface area contributed by atoms with E-state index in [1.807, 2.05) is 30.3 Å². The molecule has 1 amide bonds. The number of aliphatic hydroxyl groups excluding tert-OH is 1. The molecule has 0 radical (unpaired) electrons. The summed E-state index contributed by atoms with van der Waals surface area (Å²) < 4.78 is 5.43. The summed E-state index contributed by atoms with van der Waals surface area (Å²) in [7, 11) is 0. The van der Waals surface area contributed by atoms with Crippen molar-refractivity contribution >= 4 is 5.91 Å². The summed E-state index contributed by atoms with van der Waals surface area (Å²) in [6.45, 7) is 2.14. The van der Waals surface area contributed by atoms with Crippen LogP contribution in [-0.4, -0.2) is 29.0 Å². The molecule has 0 aliphatic carbocycles. The van der Waals surface area contributed by atoms with Gasteiger partial charge in [0.1, 0.15) is 6.73 Å². The van der Waals surface area contributed by atoms with E-state index in [0.29, 0.717) is 12.2 Å². The highest BCUT2D eigenvalue weighted by Gasteiger charge is 2.25. The van der Waals surface area contributed by atoms with Crippen LogP contribution in [0.3, 0.4) is 0 Å². The Bertz CT molecular complexity index is 445. The maximum atomic E-state index is 11.8. The molecule has 0 aromatic heterocycles. The van der Waals surface area contributed by atoms with Gasteiger partial charge >= 0.3 is 0 Å². The van der Waals surface area contributed by atoms with Crippen molar-refractivity contribution in [3.63, 3.8) is 0 Å². The zero-order valence-corrected chi connectivity index (χ0v) is 10.2. The standard InChI is InChI=1S/C13H16N2O3/c1-10-7-14-13(17)15(12(10)16)9-18-8-11-5-3-2-4-6-11/h2-7,13-14,17H,8-9H2,1H3. The number of nitrogens with one attached hydrogen (secondary N) is 1. The van der Waals surface area contributed by atoms with Gasteiger partial charge in [0.25, 0.3) is 5.91 Å². The molecule has 1 aromatic rings. The summed E-state index contributed by atoms with van der Waals surface area (Å²) in [6, 6.07) is 9.66. The lowest BCUT2D eigenvalue weighted by Crippen LogP contribution is -2.51. The van der Waals surface area contributed by atoms with E-state index < -0.39 is 6.35 Å². The average Bonchev–Trinajstić information content (AvgIpc) is 2.39. The number of benzene rings is 1. The molecule has 0 bridgehead atoms. The number of rotatable bonds is 4. The third-order valence-corrected chi connectivity index (χ3v) is 2.68. The molecule has 1 atom stereocenters. The van der Waals surface area contributed by atoms with Gasteiger partial charge in [-0.25, -0.2) is 0 Å². The van der Waals surface area contributed by atoms with Gasteiger partial charge in [-0.15, -0.1) is 0 Å². The van der Waals surface area contributed by atoms with E-state index >= 15 is 0 Å². The first-order valence-corrected chi connectivity index (χ1v) is 5.72. The number of nitrogens with zero attached hydrogens (tertiary/aromatic N) is 1. The van der Waals surface area contributed by atoms with Gasteiger partial charge in [-0.1, -0.05) is 30.3 Å². The monoisotopic (exact) mass is 248 g/mol. The zero-order valence-electron chi connectivity index (χ0n) is 10.2. The Morgan fingerprint density at radius 1 is 1.39 bits per heavy atom. The van der Waals surface area contributed by atoms with Crippen LogP contribution in [-0.2, 0) is 16.1 Å². The Labute approximate surface area is 106 Å². The van der Waals surface area contributed by atoms with Gasteiger partial charge in [0.2, 0.25) is 6.35 Å². The molecule has 1 aliphatic rings. The van der Waals surface area contributed by atoms with E-state index in [-0.39, 0.29) is 12.6 Å². The van der Waals surface area contributed by atoms with Crippen LogP contribution in [0.25, 0.3) is 0 Å². The number of hydrogen-bond donors (Lipinski definition) is 2. The number of amides is 1. The van der Waals surface area contributed by atoms with Crippen molar-refractivity contribution < 1.29 is 14.6 Å². The number of aliphatic hydroxyl groups is 1. The van der Waals surface area contributed by atoms with Crippen molar-refractivity contribution in [2.75, 3.05) is 6.73 Å². The number of hydrogen-bond acceptors (Lipinski definition) is 4. The van der Waals surface area contributed by atoms with E-state index in [2.05, 4.69) is 5.32 Å². The average molecular weight is 248 g/mol. The summed E-state index contributed by atoms with van der Waals surface area (Å²) in [6.07, 6.45) is 0.470. The van der Waals surface area contributed by atoms with Gasteiger partial charge in [-0.05, 0) is 12.5 Å². The topological polar surface area (TPSA) is 61.8 Å². The maximum Gasteiger partial charge on any atom is 0.256 e. The molecular weight excluding hydrogens is 232 g/mol. The number of carbonyl (C=O) groups excluding carboxylic acids is 1. The van der Waals surface area contributed by atoms with E-state index in [0.717, 1.165) is 5.56 Å². The summed E-state index contributed by atoms with van der Waals surface area (Å²) in [5, 5.41) is 12.3. The maximum absolute atomic E-state index is 11.8. The Hall–Kier alpha value is -1.85. The smallest absolute Gasteiger partial charge is 0.256 e. The van der Waals surface area contributed by atoms with Crippen LogP contribution in [0.2, 0.25) is 0 Å². The van der Waals surface area contributed by atoms with Crippen molar-refractivity contribution in [1.82, 2.24) is 10.2 Å². The van der Waals surface area contributed by atoms with Crippen molar-refractivity contribution in [1.29, 1.82) is 0 Å². The molecule has 5 nitrogen and oxygen atoms in total. The molecule has 2 N–H and O–H groups in total. The highest BCUT2D eigenvalue weighted by atomic mass is 16.5. The van der Waals surface area contributed by atoms with Gasteiger partial charge in [0.05, 0.1) is 6.61 Å². The minimum Gasteiger partial charge on any atom is -0.356 e. The molecule has 96 valence electrons. The first kappa shape index (κ1) is 12.6. The van der Waals surface area contributed by atoms with Crippen LogP contribution >= 0.6 is 0 Å². The highest BCUT2D eigenvalue weighted by molar-refractivity contribution is 5.93. The molecule has 0 saturated heterocycles. The Morgan fingerprint density at radius 2 is 2.11 bits per heavy atom. The van der Waals surface area contributed by atoms with Gasteiger partial charge in [-0.3, -0.25) is 9.69 Å². The molecule has 1 unspecified atom stereocenters. The molecule has 0 fully saturated rings. The Kier molecular flexibility index (Phi) is 3.96. The summed E-state index contributed by atoms with van der Waals surface area (Å²) in [5.41, 5.74) is 1.57. The molecule has 0 saturated carbocycles. The third kappa shape index (κ3) is 2.88. The van der Waals surface area contributed by atoms with Crippen LogP contribution < -0.4 is 5.32 Å². The van der Waals surface area contributed by atoms with Gasteiger partial charge in [0.15, 0.2) is 0 Å². The Morgan fingerprint density at radius 3 is 2.83 bits per heavy atom. The fourth-order valence-corrected chi connectivity index (χ4v) is 1.65. The fourth-order valence-electron chi connectivity index (χ4n) is 1.65. The van der Waals surface area contributed by atoms with Crippen molar-refractivity contribution in [2.24, 2.45) is 0 Å². The fraction of sp³-hybridized carbons (Fsp3) is 0.308.